The van der Waals surface area contributed by atoms with E-state index in [9.17, 15) is 0 Å². The monoisotopic (exact) mass is 450 g/mol. The summed E-state index contributed by atoms with van der Waals surface area (Å²) in [5, 5.41) is 10.1. The minimum absolute atomic E-state index is 0. The van der Waals surface area contributed by atoms with Gasteiger partial charge in [-0.05, 0) is 32.1 Å². The number of aryl methyl sites for hydroxylation is 1. The van der Waals surface area contributed by atoms with Crippen molar-refractivity contribution in [3.05, 3.63) is 16.1 Å². The van der Waals surface area contributed by atoms with Crippen LogP contribution in [0.5, 0.6) is 0 Å². The van der Waals surface area contributed by atoms with Gasteiger partial charge in [-0.2, -0.15) is 0 Å². The Morgan fingerprint density at radius 2 is 2.13 bits per heavy atom. The van der Waals surface area contributed by atoms with E-state index in [4.69, 9.17) is 4.99 Å². The van der Waals surface area contributed by atoms with Crippen LogP contribution in [0, 0.1) is 18.8 Å². The first kappa shape index (κ1) is 20.7. The summed E-state index contributed by atoms with van der Waals surface area (Å²) in [4.78, 5) is 9.30. The molecule has 0 saturated heterocycles. The van der Waals surface area contributed by atoms with Gasteiger partial charge in [0.1, 0.15) is 0 Å². The van der Waals surface area contributed by atoms with Crippen LogP contribution in [-0.4, -0.2) is 30.6 Å². The van der Waals surface area contributed by atoms with Gasteiger partial charge >= 0.3 is 0 Å². The number of nitrogens with one attached hydrogen (secondary N) is 2. The molecule has 1 aromatic rings. The zero-order chi connectivity index (χ0) is 15.8. The molecule has 1 saturated carbocycles. The number of hydrogen-bond acceptors (Lipinski definition) is 3. The summed E-state index contributed by atoms with van der Waals surface area (Å²) in [5.41, 5.74) is 1.17. The smallest absolute Gasteiger partial charge is 0.191 e. The number of guanidine groups is 1. The molecule has 1 aliphatic carbocycles. The van der Waals surface area contributed by atoms with E-state index in [0.717, 1.165) is 48.9 Å². The highest BCUT2D eigenvalue weighted by Crippen LogP contribution is 2.29. The van der Waals surface area contributed by atoms with E-state index in [1.165, 1.54) is 31.4 Å². The van der Waals surface area contributed by atoms with Crippen molar-refractivity contribution >= 4 is 41.3 Å². The van der Waals surface area contributed by atoms with E-state index < -0.39 is 0 Å². The molecule has 2 atom stereocenters. The van der Waals surface area contributed by atoms with Crippen molar-refractivity contribution in [2.24, 2.45) is 16.8 Å². The van der Waals surface area contributed by atoms with Crippen LogP contribution in [0.3, 0.4) is 0 Å². The predicted molar refractivity (Wildman–Crippen MR) is 111 cm³/mol. The highest BCUT2D eigenvalue weighted by atomic mass is 127. The van der Waals surface area contributed by atoms with Gasteiger partial charge in [0.15, 0.2) is 5.96 Å². The van der Waals surface area contributed by atoms with E-state index in [1.54, 1.807) is 11.3 Å². The Labute approximate surface area is 162 Å². The van der Waals surface area contributed by atoms with E-state index in [-0.39, 0.29) is 24.0 Å². The summed E-state index contributed by atoms with van der Waals surface area (Å²) in [7, 11) is 0. The van der Waals surface area contributed by atoms with Gasteiger partial charge in [-0.15, -0.1) is 35.3 Å². The van der Waals surface area contributed by atoms with Gasteiger partial charge in [-0.3, -0.25) is 4.99 Å². The van der Waals surface area contributed by atoms with Gasteiger partial charge in [0.2, 0.25) is 0 Å². The molecule has 4 nitrogen and oxygen atoms in total. The molecule has 132 valence electrons. The molecule has 2 unspecified atom stereocenters. The lowest BCUT2D eigenvalue weighted by molar-refractivity contribution is 0.263. The molecule has 0 aliphatic heterocycles. The van der Waals surface area contributed by atoms with Crippen LogP contribution in [0.25, 0.3) is 0 Å². The second kappa shape index (κ2) is 11.2. The van der Waals surface area contributed by atoms with Crippen molar-refractivity contribution in [2.75, 3.05) is 19.6 Å². The average Bonchev–Trinajstić information content (AvgIpc) is 2.92. The molecule has 1 heterocycles. The van der Waals surface area contributed by atoms with Gasteiger partial charge in [-0.25, -0.2) is 4.98 Å². The minimum atomic E-state index is 0. The van der Waals surface area contributed by atoms with Crippen LogP contribution in [0.2, 0.25) is 0 Å². The number of rotatable bonds is 6. The number of aromatic nitrogens is 1. The zero-order valence-corrected chi connectivity index (χ0v) is 17.7. The van der Waals surface area contributed by atoms with Crippen molar-refractivity contribution in [1.82, 2.24) is 15.6 Å². The van der Waals surface area contributed by atoms with E-state index >= 15 is 0 Å². The lowest BCUT2D eigenvalue weighted by Gasteiger charge is -2.27. The Balaban J connectivity index is 0.00000264. The Hall–Kier alpha value is -0.370. The molecular formula is C17H31IN4S. The Morgan fingerprint density at radius 3 is 2.78 bits per heavy atom. The van der Waals surface area contributed by atoms with Gasteiger partial charge in [-0.1, -0.05) is 26.2 Å². The number of aliphatic imine (C=N–C) groups is 1. The standard InChI is InChI=1S/C17H30N4S.HI/c1-4-18-17(19-10-9-16-12-22-14(3)21-16)20-11-15-8-6-5-7-13(15)2;/h12-13,15H,4-11H2,1-3H3,(H2,18,19,20);1H. The van der Waals surface area contributed by atoms with Crippen molar-refractivity contribution in [2.45, 2.75) is 52.9 Å². The van der Waals surface area contributed by atoms with Gasteiger partial charge in [0.05, 0.1) is 10.7 Å². The average molecular weight is 450 g/mol. The maximum Gasteiger partial charge on any atom is 0.191 e. The van der Waals surface area contributed by atoms with Crippen molar-refractivity contribution in [1.29, 1.82) is 0 Å². The summed E-state index contributed by atoms with van der Waals surface area (Å²) >= 11 is 1.72. The van der Waals surface area contributed by atoms with Crippen molar-refractivity contribution in [3.63, 3.8) is 0 Å². The Bertz CT molecular complexity index is 475. The summed E-state index contributed by atoms with van der Waals surface area (Å²) in [5.74, 6) is 2.52. The predicted octanol–water partition coefficient (Wildman–Crippen LogP) is 3.99. The molecule has 2 N–H and O–H groups in total. The number of thiazole rings is 1. The molecule has 2 rings (SSSR count). The topological polar surface area (TPSA) is 49.3 Å². The van der Waals surface area contributed by atoms with Crippen molar-refractivity contribution < 1.29 is 0 Å². The molecule has 0 radical (unpaired) electrons. The summed E-state index contributed by atoms with van der Waals surface area (Å²) < 4.78 is 0. The highest BCUT2D eigenvalue weighted by Gasteiger charge is 2.20. The molecule has 0 bridgehead atoms. The van der Waals surface area contributed by atoms with Crippen LogP contribution in [0.4, 0.5) is 0 Å². The Kier molecular flexibility index (Phi) is 10.1. The maximum absolute atomic E-state index is 4.80. The SMILES string of the molecule is CCNC(=NCC1CCCCC1C)NCCc1csc(C)n1.I. The number of halogens is 1. The molecule has 0 amide bonds. The largest absolute Gasteiger partial charge is 0.357 e. The summed E-state index contributed by atoms with van der Waals surface area (Å²) in [6.07, 6.45) is 6.43. The lowest BCUT2D eigenvalue weighted by Crippen LogP contribution is -2.39. The second-order valence-corrected chi connectivity index (χ2v) is 7.34. The molecule has 23 heavy (non-hydrogen) atoms. The molecule has 1 aliphatic rings. The first-order valence-corrected chi connectivity index (χ1v) is 9.50. The first-order valence-electron chi connectivity index (χ1n) is 8.62. The van der Waals surface area contributed by atoms with Crippen LogP contribution in [0.1, 0.15) is 50.2 Å². The molecule has 1 fully saturated rings. The minimum Gasteiger partial charge on any atom is -0.357 e. The van der Waals surface area contributed by atoms with Crippen LogP contribution < -0.4 is 10.6 Å². The molecule has 6 heteroatoms. The number of nitrogens with zero attached hydrogens (tertiary/aromatic N) is 2. The van der Waals surface area contributed by atoms with E-state index in [2.05, 4.69) is 41.8 Å². The van der Waals surface area contributed by atoms with Crippen LogP contribution in [-0.2, 0) is 6.42 Å². The van der Waals surface area contributed by atoms with E-state index in [1.807, 2.05) is 0 Å². The van der Waals surface area contributed by atoms with Crippen LogP contribution in [0.15, 0.2) is 10.4 Å². The molecular weight excluding hydrogens is 419 g/mol. The third-order valence-electron chi connectivity index (χ3n) is 4.46. The van der Waals surface area contributed by atoms with Crippen molar-refractivity contribution in [3.8, 4) is 0 Å². The zero-order valence-electron chi connectivity index (χ0n) is 14.6. The molecule has 0 aromatic carbocycles. The lowest BCUT2D eigenvalue weighted by atomic mass is 9.80. The van der Waals surface area contributed by atoms with Gasteiger partial charge < -0.3 is 10.6 Å². The fourth-order valence-corrected chi connectivity index (χ4v) is 3.69. The molecule has 0 spiro atoms. The quantitative estimate of drug-likeness (QED) is 0.392. The third kappa shape index (κ3) is 7.37. The summed E-state index contributed by atoms with van der Waals surface area (Å²) in [6.45, 7) is 9.29. The normalized spacial score (nSPS) is 21.6. The fraction of sp³-hybridized carbons (Fsp3) is 0.765. The van der Waals surface area contributed by atoms with Crippen LogP contribution >= 0.6 is 35.3 Å². The second-order valence-electron chi connectivity index (χ2n) is 6.28. The molecule has 1 aromatic heterocycles. The van der Waals surface area contributed by atoms with Gasteiger partial charge in [0, 0.05) is 31.4 Å². The third-order valence-corrected chi connectivity index (χ3v) is 5.28. The number of hydrogen-bond donors (Lipinski definition) is 2. The summed E-state index contributed by atoms with van der Waals surface area (Å²) in [6, 6.07) is 0. The first-order chi connectivity index (χ1) is 10.7. The highest BCUT2D eigenvalue weighted by molar-refractivity contribution is 14.0. The fourth-order valence-electron chi connectivity index (χ4n) is 3.05. The van der Waals surface area contributed by atoms with E-state index in [0.29, 0.717) is 0 Å². The van der Waals surface area contributed by atoms with Gasteiger partial charge in [0.25, 0.3) is 0 Å². The maximum atomic E-state index is 4.80. The Morgan fingerprint density at radius 1 is 1.35 bits per heavy atom.